The van der Waals surface area contributed by atoms with Crippen LogP contribution in [0, 0.1) is 11.3 Å². The Kier molecular flexibility index (Phi) is 2.28. The summed E-state index contributed by atoms with van der Waals surface area (Å²) in [5.41, 5.74) is -1.30. The SMILES string of the molecule is N#CCC1(O)C=CCCC1O. The molecule has 2 unspecified atom stereocenters. The van der Waals surface area contributed by atoms with Crippen molar-refractivity contribution in [2.24, 2.45) is 0 Å². The molecule has 0 fully saturated rings. The Morgan fingerprint density at radius 2 is 2.45 bits per heavy atom. The van der Waals surface area contributed by atoms with E-state index in [1.54, 1.807) is 6.08 Å². The third-order valence-electron chi connectivity index (χ3n) is 1.95. The maximum Gasteiger partial charge on any atom is 0.121 e. The molecular formula is C8H11NO2. The minimum Gasteiger partial charge on any atom is -0.390 e. The van der Waals surface area contributed by atoms with E-state index in [1.807, 2.05) is 6.07 Å². The van der Waals surface area contributed by atoms with Crippen molar-refractivity contribution < 1.29 is 10.2 Å². The van der Waals surface area contributed by atoms with Gasteiger partial charge in [-0.05, 0) is 12.8 Å². The van der Waals surface area contributed by atoms with Crippen molar-refractivity contribution >= 4 is 0 Å². The van der Waals surface area contributed by atoms with E-state index in [1.165, 1.54) is 6.08 Å². The molecule has 1 aliphatic carbocycles. The second-order valence-electron chi connectivity index (χ2n) is 2.82. The summed E-state index contributed by atoms with van der Waals surface area (Å²) in [6.07, 6.45) is 3.80. The Morgan fingerprint density at radius 3 is 3.00 bits per heavy atom. The maximum absolute atomic E-state index is 9.58. The summed E-state index contributed by atoms with van der Waals surface area (Å²) in [5.74, 6) is 0. The van der Waals surface area contributed by atoms with Crippen molar-refractivity contribution in [2.45, 2.75) is 31.0 Å². The molecule has 0 aromatic heterocycles. The van der Waals surface area contributed by atoms with Crippen molar-refractivity contribution in [2.75, 3.05) is 0 Å². The van der Waals surface area contributed by atoms with Gasteiger partial charge in [0.2, 0.25) is 0 Å². The van der Waals surface area contributed by atoms with E-state index in [2.05, 4.69) is 0 Å². The van der Waals surface area contributed by atoms with Crippen molar-refractivity contribution in [1.29, 1.82) is 5.26 Å². The molecule has 11 heavy (non-hydrogen) atoms. The van der Waals surface area contributed by atoms with Crippen LogP contribution in [0.5, 0.6) is 0 Å². The molecule has 0 heterocycles. The third kappa shape index (κ3) is 1.59. The molecule has 0 radical (unpaired) electrons. The van der Waals surface area contributed by atoms with Crippen molar-refractivity contribution in [3.8, 4) is 6.07 Å². The molecule has 3 heteroatoms. The van der Waals surface area contributed by atoms with E-state index in [0.29, 0.717) is 6.42 Å². The number of nitrogens with zero attached hydrogens (tertiary/aromatic N) is 1. The average Bonchev–Trinajstić information content (AvgIpc) is 1.96. The molecule has 1 rings (SSSR count). The number of rotatable bonds is 1. The molecule has 2 N–H and O–H groups in total. The molecule has 0 aromatic carbocycles. The highest BCUT2D eigenvalue weighted by Crippen LogP contribution is 2.25. The van der Waals surface area contributed by atoms with Crippen LogP contribution in [0.4, 0.5) is 0 Å². The molecule has 2 atom stereocenters. The van der Waals surface area contributed by atoms with Gasteiger partial charge in [-0.25, -0.2) is 0 Å². The number of aliphatic hydroxyl groups excluding tert-OH is 1. The Balaban J connectivity index is 2.73. The van der Waals surface area contributed by atoms with Crippen LogP contribution in [0.1, 0.15) is 19.3 Å². The second-order valence-corrected chi connectivity index (χ2v) is 2.82. The highest BCUT2D eigenvalue weighted by molar-refractivity contribution is 5.12. The largest absolute Gasteiger partial charge is 0.390 e. The van der Waals surface area contributed by atoms with E-state index in [4.69, 9.17) is 5.26 Å². The molecule has 1 aliphatic rings. The van der Waals surface area contributed by atoms with Gasteiger partial charge in [0.25, 0.3) is 0 Å². The third-order valence-corrected chi connectivity index (χ3v) is 1.95. The predicted octanol–water partition coefficient (Wildman–Crippen LogP) is 0.342. The average molecular weight is 153 g/mol. The molecule has 0 amide bonds. The molecule has 0 saturated carbocycles. The lowest BCUT2D eigenvalue weighted by Gasteiger charge is -2.30. The lowest BCUT2D eigenvalue weighted by molar-refractivity contribution is -0.0439. The minimum atomic E-state index is -1.30. The maximum atomic E-state index is 9.58. The van der Waals surface area contributed by atoms with Gasteiger partial charge in [0, 0.05) is 0 Å². The molecule has 3 nitrogen and oxygen atoms in total. The molecule has 0 saturated heterocycles. The lowest BCUT2D eigenvalue weighted by Crippen LogP contribution is -2.41. The lowest BCUT2D eigenvalue weighted by atomic mass is 9.86. The van der Waals surface area contributed by atoms with Crippen LogP contribution in [-0.4, -0.2) is 21.9 Å². The van der Waals surface area contributed by atoms with Gasteiger partial charge in [-0.15, -0.1) is 0 Å². The summed E-state index contributed by atoms with van der Waals surface area (Å²) in [6, 6.07) is 1.85. The zero-order valence-electron chi connectivity index (χ0n) is 6.20. The Hall–Kier alpha value is -0.850. The fourth-order valence-electron chi connectivity index (χ4n) is 1.21. The van der Waals surface area contributed by atoms with Gasteiger partial charge in [0.05, 0.1) is 18.6 Å². The monoisotopic (exact) mass is 153 g/mol. The van der Waals surface area contributed by atoms with Crippen LogP contribution in [0.15, 0.2) is 12.2 Å². The van der Waals surface area contributed by atoms with E-state index in [-0.39, 0.29) is 6.42 Å². The first-order chi connectivity index (χ1) is 5.19. The molecule has 0 spiro atoms. The predicted molar refractivity (Wildman–Crippen MR) is 39.6 cm³/mol. The molecular weight excluding hydrogens is 142 g/mol. The van der Waals surface area contributed by atoms with E-state index in [9.17, 15) is 10.2 Å². The van der Waals surface area contributed by atoms with Gasteiger partial charge in [-0.2, -0.15) is 5.26 Å². The van der Waals surface area contributed by atoms with Crippen LogP contribution in [-0.2, 0) is 0 Å². The van der Waals surface area contributed by atoms with Crippen molar-refractivity contribution in [3.05, 3.63) is 12.2 Å². The normalized spacial score (nSPS) is 36.6. The molecule has 60 valence electrons. The van der Waals surface area contributed by atoms with Gasteiger partial charge in [-0.3, -0.25) is 0 Å². The molecule has 0 aliphatic heterocycles. The van der Waals surface area contributed by atoms with Gasteiger partial charge in [0.15, 0.2) is 0 Å². The molecule has 0 aromatic rings. The number of hydrogen-bond acceptors (Lipinski definition) is 3. The van der Waals surface area contributed by atoms with Gasteiger partial charge >= 0.3 is 0 Å². The van der Waals surface area contributed by atoms with E-state index >= 15 is 0 Å². The Morgan fingerprint density at radius 1 is 1.73 bits per heavy atom. The minimum absolute atomic E-state index is 0.0370. The smallest absolute Gasteiger partial charge is 0.121 e. The Labute approximate surface area is 65.6 Å². The van der Waals surface area contributed by atoms with Gasteiger partial charge in [0.1, 0.15) is 5.60 Å². The van der Waals surface area contributed by atoms with Crippen LogP contribution in [0.2, 0.25) is 0 Å². The van der Waals surface area contributed by atoms with Crippen molar-refractivity contribution in [1.82, 2.24) is 0 Å². The summed E-state index contributed by atoms with van der Waals surface area (Å²) in [6.45, 7) is 0. The summed E-state index contributed by atoms with van der Waals surface area (Å²) in [5, 5.41) is 27.2. The van der Waals surface area contributed by atoms with Crippen LogP contribution in [0.3, 0.4) is 0 Å². The van der Waals surface area contributed by atoms with Crippen LogP contribution in [0.25, 0.3) is 0 Å². The summed E-state index contributed by atoms with van der Waals surface area (Å²) in [7, 11) is 0. The first-order valence-corrected chi connectivity index (χ1v) is 3.64. The topological polar surface area (TPSA) is 64.2 Å². The summed E-state index contributed by atoms with van der Waals surface area (Å²) in [4.78, 5) is 0. The standard InChI is InChI=1S/C8H11NO2/c9-6-5-8(11)4-2-1-3-7(8)10/h2,4,7,10-11H,1,3,5H2. The Bertz CT molecular complexity index is 207. The number of hydrogen-bond donors (Lipinski definition) is 2. The number of aliphatic hydroxyl groups is 2. The number of nitriles is 1. The highest BCUT2D eigenvalue weighted by Gasteiger charge is 2.34. The molecule has 0 bridgehead atoms. The quantitative estimate of drug-likeness (QED) is 0.534. The fraction of sp³-hybridized carbons (Fsp3) is 0.625. The highest BCUT2D eigenvalue weighted by atomic mass is 16.3. The zero-order valence-corrected chi connectivity index (χ0v) is 6.20. The van der Waals surface area contributed by atoms with Gasteiger partial charge in [-0.1, -0.05) is 12.2 Å². The second kappa shape index (κ2) is 3.04. The van der Waals surface area contributed by atoms with Crippen LogP contribution < -0.4 is 0 Å². The first kappa shape index (κ1) is 8.25. The van der Waals surface area contributed by atoms with Gasteiger partial charge < -0.3 is 10.2 Å². The summed E-state index contributed by atoms with van der Waals surface area (Å²) >= 11 is 0. The van der Waals surface area contributed by atoms with E-state index in [0.717, 1.165) is 6.42 Å². The summed E-state index contributed by atoms with van der Waals surface area (Å²) < 4.78 is 0. The van der Waals surface area contributed by atoms with E-state index < -0.39 is 11.7 Å². The number of allylic oxidation sites excluding steroid dienone is 1. The van der Waals surface area contributed by atoms with Crippen LogP contribution >= 0.6 is 0 Å². The fourth-order valence-corrected chi connectivity index (χ4v) is 1.21. The zero-order chi connectivity index (χ0) is 8.32. The first-order valence-electron chi connectivity index (χ1n) is 3.64. The van der Waals surface area contributed by atoms with Crippen molar-refractivity contribution in [3.63, 3.8) is 0 Å².